The second-order valence-corrected chi connectivity index (χ2v) is 2.56. The van der Waals surface area contributed by atoms with Crippen molar-refractivity contribution in [3.05, 3.63) is 34.9 Å². The molecule has 1 aromatic rings. The second kappa shape index (κ2) is 3.60. The maximum Gasteiger partial charge on any atom is 0.265 e. The summed E-state index contributed by atoms with van der Waals surface area (Å²) in [6, 6.07) is 6.54. The standard InChI is InChI=1S/C7H5Cl2NO/c8-6-3-1-2-5(4-6)7(11)10-9/h1-4H,(H,10,11). The van der Waals surface area contributed by atoms with Crippen LogP contribution in [-0.4, -0.2) is 5.91 Å². The lowest BCUT2D eigenvalue weighted by molar-refractivity contribution is 0.0982. The molecule has 1 aromatic carbocycles. The molecule has 0 heterocycles. The van der Waals surface area contributed by atoms with Gasteiger partial charge in [0.1, 0.15) is 0 Å². The zero-order chi connectivity index (χ0) is 8.27. The minimum atomic E-state index is -0.353. The van der Waals surface area contributed by atoms with Crippen molar-refractivity contribution >= 4 is 29.3 Å². The van der Waals surface area contributed by atoms with Crippen molar-refractivity contribution in [3.8, 4) is 0 Å². The van der Waals surface area contributed by atoms with Gasteiger partial charge in [-0.25, -0.2) is 0 Å². The largest absolute Gasteiger partial charge is 0.268 e. The van der Waals surface area contributed by atoms with Gasteiger partial charge in [-0.2, -0.15) is 0 Å². The number of carbonyl (C=O) groups is 1. The van der Waals surface area contributed by atoms with Gasteiger partial charge in [0, 0.05) is 22.4 Å². The fourth-order valence-corrected chi connectivity index (χ4v) is 0.984. The fraction of sp³-hybridized carbons (Fsp3) is 0. The molecule has 0 saturated heterocycles. The van der Waals surface area contributed by atoms with Crippen LogP contribution in [0.5, 0.6) is 0 Å². The van der Waals surface area contributed by atoms with Crippen molar-refractivity contribution in [2.24, 2.45) is 0 Å². The van der Waals surface area contributed by atoms with Crippen LogP contribution in [0.2, 0.25) is 5.02 Å². The Balaban J connectivity index is 2.96. The number of nitrogens with one attached hydrogen (secondary N) is 1. The minimum absolute atomic E-state index is 0.353. The first kappa shape index (κ1) is 8.37. The van der Waals surface area contributed by atoms with Gasteiger partial charge in [-0.1, -0.05) is 17.7 Å². The molecule has 0 unspecified atom stereocenters. The molecule has 0 fully saturated rings. The van der Waals surface area contributed by atoms with E-state index >= 15 is 0 Å². The monoisotopic (exact) mass is 189 g/mol. The third-order valence-corrected chi connectivity index (χ3v) is 1.58. The number of halogens is 2. The van der Waals surface area contributed by atoms with E-state index in [9.17, 15) is 4.79 Å². The minimum Gasteiger partial charge on any atom is -0.268 e. The average molecular weight is 190 g/mol. The van der Waals surface area contributed by atoms with Crippen molar-refractivity contribution in [3.63, 3.8) is 0 Å². The molecule has 2 nitrogen and oxygen atoms in total. The third-order valence-electron chi connectivity index (χ3n) is 1.17. The highest BCUT2D eigenvalue weighted by atomic mass is 35.5. The van der Waals surface area contributed by atoms with Crippen LogP contribution in [0.15, 0.2) is 24.3 Å². The molecule has 0 atom stereocenters. The van der Waals surface area contributed by atoms with Crippen LogP contribution in [0, 0.1) is 0 Å². The van der Waals surface area contributed by atoms with Crippen molar-refractivity contribution in [2.45, 2.75) is 0 Å². The summed E-state index contributed by atoms with van der Waals surface area (Å²) in [6.07, 6.45) is 0. The number of carbonyl (C=O) groups excluding carboxylic acids is 1. The SMILES string of the molecule is O=C(NCl)c1cccc(Cl)c1. The predicted octanol–water partition coefficient (Wildman–Crippen LogP) is 2.22. The Hall–Kier alpha value is -0.730. The normalized spacial score (nSPS) is 9.27. The van der Waals surface area contributed by atoms with E-state index in [1.54, 1.807) is 24.3 Å². The Morgan fingerprint density at radius 2 is 2.18 bits per heavy atom. The summed E-state index contributed by atoms with van der Waals surface area (Å²) in [5.74, 6) is -0.353. The Labute approximate surface area is 74.2 Å². The average Bonchev–Trinajstić information content (AvgIpc) is 2.03. The molecule has 0 aliphatic rings. The van der Waals surface area contributed by atoms with Gasteiger partial charge in [-0.15, -0.1) is 0 Å². The van der Waals surface area contributed by atoms with Crippen LogP contribution < -0.4 is 4.84 Å². The molecule has 1 rings (SSSR count). The predicted molar refractivity (Wildman–Crippen MR) is 44.8 cm³/mol. The van der Waals surface area contributed by atoms with Gasteiger partial charge in [0.15, 0.2) is 0 Å². The lowest BCUT2D eigenvalue weighted by atomic mass is 10.2. The first-order valence-corrected chi connectivity index (χ1v) is 3.66. The maximum atomic E-state index is 10.9. The molecule has 1 N–H and O–H groups in total. The van der Waals surface area contributed by atoms with E-state index in [2.05, 4.69) is 0 Å². The van der Waals surface area contributed by atoms with Gasteiger partial charge in [-0.05, 0) is 18.2 Å². The highest BCUT2D eigenvalue weighted by Gasteiger charge is 2.02. The Kier molecular flexibility index (Phi) is 2.74. The molecule has 0 spiro atoms. The third kappa shape index (κ3) is 2.10. The molecule has 11 heavy (non-hydrogen) atoms. The molecule has 4 heteroatoms. The highest BCUT2D eigenvalue weighted by molar-refractivity contribution is 6.31. The molecular weight excluding hydrogens is 185 g/mol. The molecule has 0 aromatic heterocycles. The van der Waals surface area contributed by atoms with Crippen LogP contribution >= 0.6 is 23.4 Å². The maximum absolute atomic E-state index is 10.9. The molecule has 58 valence electrons. The molecule has 0 radical (unpaired) electrons. The van der Waals surface area contributed by atoms with Crippen molar-refractivity contribution < 1.29 is 4.79 Å². The van der Waals surface area contributed by atoms with E-state index in [1.807, 2.05) is 4.84 Å². The van der Waals surface area contributed by atoms with E-state index in [-0.39, 0.29) is 5.91 Å². The number of rotatable bonds is 1. The first-order valence-electron chi connectivity index (χ1n) is 2.90. The summed E-state index contributed by atoms with van der Waals surface area (Å²) < 4.78 is 0. The molecule has 1 amide bonds. The highest BCUT2D eigenvalue weighted by Crippen LogP contribution is 2.10. The Morgan fingerprint density at radius 3 is 2.73 bits per heavy atom. The van der Waals surface area contributed by atoms with Gasteiger partial charge in [-0.3, -0.25) is 9.63 Å². The Morgan fingerprint density at radius 1 is 1.45 bits per heavy atom. The van der Waals surface area contributed by atoms with Gasteiger partial charge >= 0.3 is 0 Å². The van der Waals surface area contributed by atoms with Gasteiger partial charge < -0.3 is 0 Å². The van der Waals surface area contributed by atoms with E-state index in [0.29, 0.717) is 10.6 Å². The van der Waals surface area contributed by atoms with E-state index in [0.717, 1.165) is 0 Å². The van der Waals surface area contributed by atoms with Crippen LogP contribution in [-0.2, 0) is 0 Å². The van der Waals surface area contributed by atoms with Crippen molar-refractivity contribution in [1.29, 1.82) is 0 Å². The number of hydrogen-bond donors (Lipinski definition) is 1. The van der Waals surface area contributed by atoms with Crippen molar-refractivity contribution in [1.82, 2.24) is 4.84 Å². The van der Waals surface area contributed by atoms with Crippen LogP contribution in [0.3, 0.4) is 0 Å². The topological polar surface area (TPSA) is 29.1 Å². The van der Waals surface area contributed by atoms with E-state index < -0.39 is 0 Å². The van der Waals surface area contributed by atoms with Gasteiger partial charge in [0.05, 0.1) is 0 Å². The fourth-order valence-electron chi connectivity index (χ4n) is 0.684. The number of amides is 1. The summed E-state index contributed by atoms with van der Waals surface area (Å²) in [5, 5.41) is 0.516. The van der Waals surface area contributed by atoms with Crippen LogP contribution in [0.1, 0.15) is 10.4 Å². The van der Waals surface area contributed by atoms with Crippen molar-refractivity contribution in [2.75, 3.05) is 0 Å². The lowest BCUT2D eigenvalue weighted by Crippen LogP contribution is -2.11. The first-order chi connectivity index (χ1) is 5.24. The summed E-state index contributed by atoms with van der Waals surface area (Å²) in [6.45, 7) is 0. The van der Waals surface area contributed by atoms with Gasteiger partial charge in [0.25, 0.3) is 5.91 Å². The second-order valence-electron chi connectivity index (χ2n) is 1.93. The molecule has 0 bridgehead atoms. The molecular formula is C7H5Cl2NO. The van der Waals surface area contributed by atoms with Gasteiger partial charge in [0.2, 0.25) is 0 Å². The lowest BCUT2D eigenvalue weighted by Gasteiger charge is -1.96. The summed E-state index contributed by atoms with van der Waals surface area (Å²) in [4.78, 5) is 12.8. The number of hydrogen-bond acceptors (Lipinski definition) is 1. The molecule has 0 aliphatic carbocycles. The number of benzene rings is 1. The summed E-state index contributed by atoms with van der Waals surface area (Å²) in [7, 11) is 0. The quantitative estimate of drug-likeness (QED) is 0.675. The molecule has 0 aliphatic heterocycles. The van der Waals surface area contributed by atoms with Crippen LogP contribution in [0.4, 0.5) is 0 Å². The smallest absolute Gasteiger partial charge is 0.265 e. The zero-order valence-electron chi connectivity index (χ0n) is 5.47. The molecule has 0 saturated carbocycles. The summed E-state index contributed by atoms with van der Waals surface area (Å²) in [5.41, 5.74) is 0.451. The van der Waals surface area contributed by atoms with Crippen LogP contribution in [0.25, 0.3) is 0 Å². The summed E-state index contributed by atoms with van der Waals surface area (Å²) >= 11 is 10.7. The van der Waals surface area contributed by atoms with E-state index in [1.165, 1.54) is 0 Å². The zero-order valence-corrected chi connectivity index (χ0v) is 6.99. The Bertz CT molecular complexity index is 275. The van der Waals surface area contributed by atoms with E-state index in [4.69, 9.17) is 23.4 Å².